The number of nitrogens with one attached hydrogen (secondary N) is 1. The van der Waals surface area contributed by atoms with Crippen LogP contribution in [0.1, 0.15) is 18.2 Å². The van der Waals surface area contributed by atoms with Crippen LogP contribution in [-0.4, -0.2) is 17.6 Å². The lowest BCUT2D eigenvalue weighted by atomic mass is 10.2. The van der Waals surface area contributed by atoms with Gasteiger partial charge in [-0.15, -0.1) is 4.99 Å². The predicted molar refractivity (Wildman–Crippen MR) is 88.9 cm³/mol. The maximum atomic E-state index is 13.1. The Bertz CT molecular complexity index is 830. The van der Waals surface area contributed by atoms with Crippen molar-refractivity contribution < 1.29 is 22.6 Å². The van der Waals surface area contributed by atoms with Crippen LogP contribution in [0.25, 0.3) is 0 Å². The summed E-state index contributed by atoms with van der Waals surface area (Å²) in [6.45, 7) is 3.32. The fourth-order valence-corrected chi connectivity index (χ4v) is 1.98. The van der Waals surface area contributed by atoms with Gasteiger partial charge in [-0.25, -0.2) is 4.98 Å². The van der Waals surface area contributed by atoms with E-state index >= 15 is 0 Å². The third-order valence-electron chi connectivity index (χ3n) is 3.15. The molecule has 0 aliphatic heterocycles. The molecular formula is C17H15F3N4O2. The zero-order valence-electron chi connectivity index (χ0n) is 14.0. The average Bonchev–Trinajstić information content (AvgIpc) is 2.58. The van der Waals surface area contributed by atoms with Crippen LogP contribution >= 0.6 is 0 Å². The molecular weight excluding hydrogens is 349 g/mol. The van der Waals surface area contributed by atoms with Crippen LogP contribution in [0.2, 0.25) is 0 Å². The second kappa shape index (κ2) is 8.20. The molecule has 0 saturated heterocycles. The number of hydrogen-bond acceptors (Lipinski definition) is 5. The number of rotatable bonds is 4. The minimum Gasteiger partial charge on any atom is -0.478 e. The van der Waals surface area contributed by atoms with Crippen molar-refractivity contribution in [1.82, 2.24) is 4.98 Å². The van der Waals surface area contributed by atoms with Gasteiger partial charge in [-0.05, 0) is 32.0 Å². The molecule has 0 aliphatic carbocycles. The Morgan fingerprint density at radius 2 is 2.00 bits per heavy atom. The van der Waals surface area contributed by atoms with E-state index in [9.17, 15) is 13.2 Å². The number of ether oxygens (including phenoxy) is 2. The highest BCUT2D eigenvalue weighted by molar-refractivity contribution is 5.92. The van der Waals surface area contributed by atoms with Gasteiger partial charge in [-0.1, -0.05) is 18.2 Å². The van der Waals surface area contributed by atoms with Gasteiger partial charge in [0.25, 0.3) is 0 Å². The Morgan fingerprint density at radius 1 is 1.31 bits per heavy atom. The zero-order valence-corrected chi connectivity index (χ0v) is 14.0. The summed E-state index contributed by atoms with van der Waals surface area (Å²) in [6, 6.07) is 8.92. The second-order valence-electron chi connectivity index (χ2n) is 4.97. The highest BCUT2D eigenvalue weighted by atomic mass is 19.4. The molecule has 136 valence electrons. The number of alkyl halides is 3. The number of pyridine rings is 1. The molecule has 0 saturated carbocycles. The SMILES string of the molecule is CCOc1nc(C(F)(F)F)cc(N/C(=N\C#N)Oc2ccccc2)c1C. The van der Waals surface area contributed by atoms with Gasteiger partial charge >= 0.3 is 12.2 Å². The maximum Gasteiger partial charge on any atom is 0.433 e. The molecule has 2 rings (SSSR count). The van der Waals surface area contributed by atoms with Crippen LogP contribution < -0.4 is 14.8 Å². The van der Waals surface area contributed by atoms with Crippen molar-refractivity contribution in [2.45, 2.75) is 20.0 Å². The quantitative estimate of drug-likeness (QED) is 0.501. The van der Waals surface area contributed by atoms with E-state index in [1.54, 1.807) is 43.4 Å². The lowest BCUT2D eigenvalue weighted by molar-refractivity contribution is -0.141. The van der Waals surface area contributed by atoms with Crippen molar-refractivity contribution in [3.63, 3.8) is 0 Å². The van der Waals surface area contributed by atoms with E-state index in [-0.39, 0.29) is 24.2 Å². The number of nitriles is 1. The first-order chi connectivity index (χ1) is 12.3. The average molecular weight is 364 g/mol. The molecule has 0 radical (unpaired) electrons. The summed E-state index contributed by atoms with van der Waals surface area (Å²) in [5, 5.41) is 11.4. The van der Waals surface area contributed by atoms with Crippen molar-refractivity contribution in [3.8, 4) is 17.8 Å². The number of nitrogens with zero attached hydrogens (tertiary/aromatic N) is 3. The molecule has 1 N–H and O–H groups in total. The van der Waals surface area contributed by atoms with E-state index < -0.39 is 11.9 Å². The van der Waals surface area contributed by atoms with E-state index in [1.165, 1.54) is 6.92 Å². The summed E-state index contributed by atoms with van der Waals surface area (Å²) in [5.41, 5.74) is -0.798. The van der Waals surface area contributed by atoms with Gasteiger partial charge in [0.05, 0.1) is 12.3 Å². The molecule has 0 bridgehead atoms. The van der Waals surface area contributed by atoms with Gasteiger partial charge in [0.2, 0.25) is 12.1 Å². The number of hydrogen-bond donors (Lipinski definition) is 1. The molecule has 0 spiro atoms. The highest BCUT2D eigenvalue weighted by Crippen LogP contribution is 2.34. The molecule has 1 aromatic heterocycles. The van der Waals surface area contributed by atoms with Crippen LogP contribution in [-0.2, 0) is 6.18 Å². The summed E-state index contributed by atoms with van der Waals surface area (Å²) in [6.07, 6.45) is -3.12. The number of amidine groups is 1. The van der Waals surface area contributed by atoms with E-state index in [0.29, 0.717) is 11.3 Å². The monoisotopic (exact) mass is 364 g/mol. The van der Waals surface area contributed by atoms with Crippen molar-refractivity contribution in [1.29, 1.82) is 5.26 Å². The first kappa shape index (κ1) is 19.1. The smallest absolute Gasteiger partial charge is 0.433 e. The molecule has 0 fully saturated rings. The first-order valence-corrected chi connectivity index (χ1v) is 7.53. The minimum absolute atomic E-state index is 0.0145. The molecule has 9 heteroatoms. The van der Waals surface area contributed by atoms with E-state index in [2.05, 4.69) is 15.3 Å². The van der Waals surface area contributed by atoms with Gasteiger partial charge < -0.3 is 14.8 Å². The summed E-state index contributed by atoms with van der Waals surface area (Å²) in [5.74, 6) is 0.197. The van der Waals surface area contributed by atoms with Crippen LogP contribution in [0.5, 0.6) is 11.6 Å². The second-order valence-corrected chi connectivity index (χ2v) is 4.97. The van der Waals surface area contributed by atoms with E-state index in [0.717, 1.165) is 6.07 Å². The molecule has 2 aromatic rings. The fraction of sp³-hybridized carbons (Fsp3) is 0.235. The van der Waals surface area contributed by atoms with Crippen molar-refractivity contribution in [2.24, 2.45) is 4.99 Å². The summed E-state index contributed by atoms with van der Waals surface area (Å²) in [7, 11) is 0. The molecule has 1 aromatic carbocycles. The third-order valence-corrected chi connectivity index (χ3v) is 3.15. The highest BCUT2D eigenvalue weighted by Gasteiger charge is 2.34. The molecule has 0 amide bonds. The van der Waals surface area contributed by atoms with Gasteiger partial charge in [-0.2, -0.15) is 18.4 Å². The number of halogens is 3. The van der Waals surface area contributed by atoms with Gasteiger partial charge in [0, 0.05) is 5.56 Å². The standard InChI is InChI=1S/C17H15F3N4O2/c1-3-25-15-11(2)13(9-14(24-15)17(18,19)20)23-16(22-10-21)26-12-7-5-4-6-8-12/h4-9H,3H2,1-2H3,(H,22,23,24). The van der Waals surface area contributed by atoms with Gasteiger partial charge in [0.15, 0.2) is 5.69 Å². The topological polar surface area (TPSA) is 79.5 Å². The zero-order chi connectivity index (χ0) is 19.2. The largest absolute Gasteiger partial charge is 0.478 e. The Hall–Kier alpha value is -3.28. The number of aromatic nitrogens is 1. The van der Waals surface area contributed by atoms with Crippen molar-refractivity contribution >= 4 is 11.7 Å². The van der Waals surface area contributed by atoms with E-state index in [1.807, 2.05) is 0 Å². The number of benzene rings is 1. The molecule has 6 nitrogen and oxygen atoms in total. The Morgan fingerprint density at radius 3 is 2.58 bits per heavy atom. The lowest BCUT2D eigenvalue weighted by Crippen LogP contribution is -2.21. The lowest BCUT2D eigenvalue weighted by Gasteiger charge is -2.16. The first-order valence-electron chi connectivity index (χ1n) is 7.53. The van der Waals surface area contributed by atoms with Crippen LogP contribution in [0.3, 0.4) is 0 Å². The van der Waals surface area contributed by atoms with Crippen LogP contribution in [0, 0.1) is 18.4 Å². The molecule has 0 atom stereocenters. The summed E-state index contributed by atoms with van der Waals surface area (Å²) >= 11 is 0. The fourth-order valence-electron chi connectivity index (χ4n) is 1.98. The van der Waals surface area contributed by atoms with Crippen molar-refractivity contribution in [2.75, 3.05) is 11.9 Å². The molecule has 1 heterocycles. The third kappa shape index (κ3) is 4.86. The maximum absolute atomic E-state index is 13.1. The molecule has 26 heavy (non-hydrogen) atoms. The number of aliphatic imine (C=N–C) groups is 1. The Balaban J connectivity index is 2.40. The Labute approximate surface area is 147 Å². The van der Waals surface area contributed by atoms with Crippen LogP contribution in [0.4, 0.5) is 18.9 Å². The minimum atomic E-state index is -4.66. The normalized spacial score (nSPS) is 11.6. The Kier molecular flexibility index (Phi) is 6.01. The number of para-hydroxylation sites is 1. The van der Waals surface area contributed by atoms with Crippen LogP contribution in [0.15, 0.2) is 41.4 Å². The van der Waals surface area contributed by atoms with Crippen molar-refractivity contribution in [3.05, 3.63) is 47.7 Å². The van der Waals surface area contributed by atoms with Gasteiger partial charge in [0.1, 0.15) is 5.75 Å². The summed E-state index contributed by atoms with van der Waals surface area (Å²) in [4.78, 5) is 6.97. The van der Waals surface area contributed by atoms with E-state index in [4.69, 9.17) is 14.7 Å². The molecule has 0 aliphatic rings. The predicted octanol–water partition coefficient (Wildman–Crippen LogP) is 4.14. The van der Waals surface area contributed by atoms with Gasteiger partial charge in [-0.3, -0.25) is 0 Å². The number of anilines is 1. The molecule has 0 unspecified atom stereocenters. The summed E-state index contributed by atoms with van der Waals surface area (Å²) < 4.78 is 49.9.